The van der Waals surface area contributed by atoms with Gasteiger partial charge in [-0.1, -0.05) is 30.3 Å². The normalized spacial score (nSPS) is 31.5. The molecule has 2 saturated heterocycles. The zero-order chi connectivity index (χ0) is 21.1. The largest absolute Gasteiger partial charge is 0.387 e. The van der Waals surface area contributed by atoms with Crippen molar-refractivity contribution < 1.29 is 29.2 Å². The van der Waals surface area contributed by atoms with E-state index in [2.05, 4.69) is 13.8 Å². The van der Waals surface area contributed by atoms with Gasteiger partial charge in [-0.25, -0.2) is 0 Å². The van der Waals surface area contributed by atoms with Crippen LogP contribution in [-0.4, -0.2) is 75.8 Å². The van der Waals surface area contributed by atoms with Crippen molar-refractivity contribution in [2.45, 2.75) is 85.4 Å². The molecule has 3 rings (SSSR count). The van der Waals surface area contributed by atoms with Gasteiger partial charge in [-0.15, -0.1) is 0 Å². The van der Waals surface area contributed by atoms with Gasteiger partial charge in [0, 0.05) is 12.7 Å². The SMILES string of the molecule is CCC[CH2][Sn][CH2]CCC.CO[C@H]1O[C@@H]2CO[C@@H](c3ccccc3)O[C@H]2[C@H](O)[C@H]1O. The molecule has 7 heteroatoms. The summed E-state index contributed by atoms with van der Waals surface area (Å²) in [4.78, 5) is 0. The fourth-order valence-corrected chi connectivity index (χ4v) is 7.44. The van der Waals surface area contributed by atoms with Gasteiger partial charge in [0.2, 0.25) is 0 Å². The van der Waals surface area contributed by atoms with Gasteiger partial charge in [-0.05, 0) is 0 Å². The standard InChI is InChI=1S/C14H18O6.2C4H9.Sn/c1-17-14-11(16)10(15)12-9(19-14)7-18-13(20-12)8-5-3-2-4-6-8;2*1-3-4-2;/h2-6,9-16H,7H2,1H3;2*1,3-4H2,2H3;/t9-,10-,11-,12-,13-,14+;;;/m1.../s1. The monoisotopic (exact) mass is 516 g/mol. The van der Waals surface area contributed by atoms with Crippen LogP contribution in [0.3, 0.4) is 0 Å². The van der Waals surface area contributed by atoms with Crippen LogP contribution in [0.5, 0.6) is 0 Å². The molecule has 164 valence electrons. The van der Waals surface area contributed by atoms with Crippen LogP contribution in [0.1, 0.15) is 51.4 Å². The minimum atomic E-state index is -1.14. The van der Waals surface area contributed by atoms with Gasteiger partial charge < -0.3 is 29.2 Å². The van der Waals surface area contributed by atoms with E-state index in [1.807, 2.05) is 30.3 Å². The molecule has 0 aromatic heterocycles. The second-order valence-corrected chi connectivity index (χ2v) is 11.7. The van der Waals surface area contributed by atoms with Crippen LogP contribution < -0.4 is 0 Å². The summed E-state index contributed by atoms with van der Waals surface area (Å²) in [7, 11) is 1.41. The molecule has 2 aliphatic rings. The minimum Gasteiger partial charge on any atom is -0.387 e. The molecule has 1 aromatic carbocycles. The van der Waals surface area contributed by atoms with Crippen LogP contribution in [-0.2, 0) is 18.9 Å². The smallest absolute Gasteiger partial charge is 0.186 e. The predicted molar refractivity (Wildman–Crippen MR) is 113 cm³/mol. The molecule has 2 N–H and O–H groups in total. The number of fused-ring (bicyclic) bond motifs is 1. The molecule has 6 nitrogen and oxygen atoms in total. The van der Waals surface area contributed by atoms with Gasteiger partial charge in [-0.2, -0.15) is 0 Å². The average Bonchev–Trinajstić information content (AvgIpc) is 2.77. The number of aliphatic hydroxyl groups is 2. The van der Waals surface area contributed by atoms with Gasteiger partial charge in [0.15, 0.2) is 12.6 Å². The Morgan fingerprint density at radius 3 is 2.24 bits per heavy atom. The number of ether oxygens (including phenoxy) is 4. The molecular weight excluding hydrogens is 479 g/mol. The van der Waals surface area contributed by atoms with Crippen molar-refractivity contribution in [3.8, 4) is 0 Å². The van der Waals surface area contributed by atoms with E-state index in [1.54, 1.807) is 8.87 Å². The molecule has 0 saturated carbocycles. The first-order valence-corrected chi connectivity index (χ1v) is 14.7. The maximum Gasteiger partial charge on any atom is 0.186 e. The van der Waals surface area contributed by atoms with E-state index in [9.17, 15) is 10.2 Å². The molecule has 0 unspecified atom stereocenters. The first kappa shape index (κ1) is 25.0. The van der Waals surface area contributed by atoms with E-state index in [-0.39, 0.29) is 27.7 Å². The molecule has 0 bridgehead atoms. The Bertz CT molecular complexity index is 537. The van der Waals surface area contributed by atoms with Crippen molar-refractivity contribution in [3.63, 3.8) is 0 Å². The third-order valence-electron chi connectivity index (χ3n) is 5.05. The zero-order valence-corrected chi connectivity index (χ0v) is 20.7. The molecule has 2 aliphatic heterocycles. The number of hydrogen-bond donors (Lipinski definition) is 2. The summed E-state index contributed by atoms with van der Waals surface area (Å²) in [6.45, 7) is 4.85. The number of methoxy groups -OCH3 is 1. The molecular formula is C22H36O6Sn. The van der Waals surface area contributed by atoms with E-state index in [4.69, 9.17) is 18.9 Å². The summed E-state index contributed by atoms with van der Waals surface area (Å²) in [6, 6.07) is 9.45. The van der Waals surface area contributed by atoms with Crippen molar-refractivity contribution in [2.75, 3.05) is 13.7 Å². The number of benzene rings is 1. The summed E-state index contributed by atoms with van der Waals surface area (Å²) >= 11 is 0.149. The molecule has 6 atom stereocenters. The molecule has 0 aliphatic carbocycles. The summed E-state index contributed by atoms with van der Waals surface area (Å²) in [5.74, 6) is 0. The number of rotatable bonds is 8. The molecule has 1 aromatic rings. The Hall–Kier alpha value is -0.221. The van der Waals surface area contributed by atoms with Crippen LogP contribution in [0.25, 0.3) is 0 Å². The molecule has 29 heavy (non-hydrogen) atoms. The third kappa shape index (κ3) is 7.76. The number of hydrogen-bond acceptors (Lipinski definition) is 6. The van der Waals surface area contributed by atoms with Gasteiger partial charge in [0.05, 0.1) is 6.61 Å². The Labute approximate surface area is 185 Å². The molecule has 2 radical (unpaired) electrons. The van der Waals surface area contributed by atoms with Gasteiger partial charge in [-0.3, -0.25) is 0 Å². The minimum absolute atomic E-state index is 0.149. The van der Waals surface area contributed by atoms with Crippen LogP contribution >= 0.6 is 0 Å². The summed E-state index contributed by atoms with van der Waals surface area (Å²) in [5, 5.41) is 20.1. The van der Waals surface area contributed by atoms with Crippen LogP contribution in [0, 0.1) is 0 Å². The van der Waals surface area contributed by atoms with Crippen LogP contribution in [0.15, 0.2) is 30.3 Å². The predicted octanol–water partition coefficient (Wildman–Crippen LogP) is 3.32. The van der Waals surface area contributed by atoms with E-state index in [0.717, 1.165) is 5.56 Å². The first-order chi connectivity index (χ1) is 14.1. The summed E-state index contributed by atoms with van der Waals surface area (Å²) in [6.07, 6.45) is 1.08. The van der Waals surface area contributed by atoms with Gasteiger partial charge in [0.25, 0.3) is 0 Å². The van der Waals surface area contributed by atoms with Crippen molar-refractivity contribution in [3.05, 3.63) is 35.9 Å². The van der Waals surface area contributed by atoms with Crippen LogP contribution in [0.4, 0.5) is 0 Å². The maximum absolute atomic E-state index is 10.1. The Balaban J connectivity index is 0.000000284. The number of unbranched alkanes of at least 4 members (excludes halogenated alkanes) is 2. The fraction of sp³-hybridized carbons (Fsp3) is 0.727. The maximum atomic E-state index is 10.1. The topological polar surface area (TPSA) is 77.4 Å². The first-order valence-electron chi connectivity index (χ1n) is 10.7. The van der Waals surface area contributed by atoms with Crippen LogP contribution in [0.2, 0.25) is 8.87 Å². The second-order valence-electron chi connectivity index (χ2n) is 7.39. The molecule has 0 spiro atoms. The van der Waals surface area contributed by atoms with Gasteiger partial charge >= 0.3 is 69.5 Å². The molecule has 0 amide bonds. The second kappa shape index (κ2) is 14.0. The summed E-state index contributed by atoms with van der Waals surface area (Å²) in [5.41, 5.74) is 0.863. The quantitative estimate of drug-likeness (QED) is 0.409. The third-order valence-corrected chi connectivity index (χ3v) is 9.09. The fourth-order valence-electron chi connectivity index (χ4n) is 3.28. The van der Waals surface area contributed by atoms with E-state index < -0.39 is 37.0 Å². The number of aliphatic hydroxyl groups excluding tert-OH is 2. The van der Waals surface area contributed by atoms with Crippen molar-refractivity contribution in [1.29, 1.82) is 0 Å². The average molecular weight is 515 g/mol. The van der Waals surface area contributed by atoms with Crippen molar-refractivity contribution in [2.24, 2.45) is 0 Å². The zero-order valence-electron chi connectivity index (χ0n) is 17.8. The van der Waals surface area contributed by atoms with Crippen molar-refractivity contribution in [1.82, 2.24) is 0 Å². The molecule has 2 fully saturated rings. The van der Waals surface area contributed by atoms with E-state index in [0.29, 0.717) is 0 Å². The van der Waals surface area contributed by atoms with E-state index >= 15 is 0 Å². The molecule has 2 heterocycles. The summed E-state index contributed by atoms with van der Waals surface area (Å²) < 4.78 is 25.1. The van der Waals surface area contributed by atoms with E-state index in [1.165, 1.54) is 32.8 Å². The van der Waals surface area contributed by atoms with Crippen molar-refractivity contribution >= 4 is 21.1 Å². The van der Waals surface area contributed by atoms with Gasteiger partial charge in [0.1, 0.15) is 24.4 Å². The Morgan fingerprint density at radius 2 is 1.66 bits per heavy atom. The Morgan fingerprint density at radius 1 is 1.00 bits per heavy atom. The Kier molecular flexibility index (Phi) is 12.1.